The Bertz CT molecular complexity index is 1380. The quantitative estimate of drug-likeness (QED) is 0.383. The van der Waals surface area contributed by atoms with E-state index in [2.05, 4.69) is 10.6 Å². The van der Waals surface area contributed by atoms with Crippen molar-refractivity contribution in [1.82, 2.24) is 0 Å². The number of nitrogens with one attached hydrogen (secondary N) is 2. The van der Waals surface area contributed by atoms with Crippen LogP contribution in [0.3, 0.4) is 0 Å². The Morgan fingerprint density at radius 2 is 1.57 bits per heavy atom. The molecule has 9 heteroatoms. The van der Waals surface area contributed by atoms with E-state index in [-0.39, 0.29) is 22.7 Å². The molecule has 0 spiro atoms. The van der Waals surface area contributed by atoms with Gasteiger partial charge in [0, 0.05) is 16.9 Å². The maximum atomic E-state index is 13.1. The SMILES string of the molecule is COc1ccc(C)cc1N1C(=O)C(Cl)=C(Nc2ccc(C(=O)Nc3ccc(OC(C)C)cc3)cc2)C1=O. The molecule has 3 aromatic rings. The lowest BCUT2D eigenvalue weighted by molar-refractivity contribution is -0.120. The van der Waals surface area contributed by atoms with Crippen molar-refractivity contribution in [3.8, 4) is 11.5 Å². The van der Waals surface area contributed by atoms with Gasteiger partial charge in [0.1, 0.15) is 22.2 Å². The summed E-state index contributed by atoms with van der Waals surface area (Å²) in [5.41, 5.74) is 2.62. The first-order valence-corrected chi connectivity index (χ1v) is 11.9. The molecule has 3 amide bonds. The number of anilines is 3. The minimum absolute atomic E-state index is 0.0591. The molecule has 8 nitrogen and oxygen atoms in total. The number of carbonyl (C=O) groups is 3. The number of benzene rings is 3. The van der Waals surface area contributed by atoms with Crippen LogP contribution in [0, 0.1) is 6.92 Å². The Hall–Kier alpha value is -4.30. The molecule has 0 saturated carbocycles. The Labute approximate surface area is 219 Å². The number of halogens is 1. The van der Waals surface area contributed by atoms with Crippen LogP contribution in [-0.4, -0.2) is 30.9 Å². The lowest BCUT2D eigenvalue weighted by atomic mass is 10.1. The summed E-state index contributed by atoms with van der Waals surface area (Å²) in [7, 11) is 1.46. The zero-order chi connectivity index (χ0) is 26.7. The first kappa shape index (κ1) is 25.8. The van der Waals surface area contributed by atoms with Crippen molar-refractivity contribution in [3.63, 3.8) is 0 Å². The Balaban J connectivity index is 1.45. The molecule has 2 N–H and O–H groups in total. The van der Waals surface area contributed by atoms with E-state index < -0.39 is 11.8 Å². The Morgan fingerprint density at radius 3 is 2.19 bits per heavy atom. The van der Waals surface area contributed by atoms with E-state index in [0.29, 0.717) is 28.4 Å². The number of aryl methyl sites for hydroxylation is 1. The average Bonchev–Trinajstić information content (AvgIpc) is 3.08. The highest BCUT2D eigenvalue weighted by Crippen LogP contribution is 2.36. The van der Waals surface area contributed by atoms with Gasteiger partial charge < -0.3 is 20.1 Å². The molecule has 37 heavy (non-hydrogen) atoms. The molecule has 0 atom stereocenters. The molecule has 1 heterocycles. The minimum atomic E-state index is -0.654. The van der Waals surface area contributed by atoms with Crippen LogP contribution in [0.2, 0.25) is 0 Å². The summed E-state index contributed by atoms with van der Waals surface area (Å²) in [6, 6.07) is 18.7. The van der Waals surface area contributed by atoms with Gasteiger partial charge in [0.2, 0.25) is 0 Å². The number of hydrogen-bond acceptors (Lipinski definition) is 6. The van der Waals surface area contributed by atoms with Crippen molar-refractivity contribution in [3.05, 3.63) is 88.6 Å². The molecule has 1 aliphatic heterocycles. The van der Waals surface area contributed by atoms with Gasteiger partial charge in [-0.25, -0.2) is 4.90 Å². The number of imide groups is 1. The third-order valence-corrected chi connectivity index (χ3v) is 5.85. The number of hydrogen-bond donors (Lipinski definition) is 2. The average molecular weight is 520 g/mol. The van der Waals surface area contributed by atoms with Crippen molar-refractivity contribution in [2.45, 2.75) is 26.9 Å². The first-order valence-electron chi connectivity index (χ1n) is 11.6. The van der Waals surface area contributed by atoms with Crippen LogP contribution >= 0.6 is 11.6 Å². The fourth-order valence-corrected chi connectivity index (χ4v) is 3.96. The molecule has 0 fully saturated rings. The number of methoxy groups -OCH3 is 1. The summed E-state index contributed by atoms with van der Waals surface area (Å²) < 4.78 is 10.9. The smallest absolute Gasteiger partial charge is 0.283 e. The monoisotopic (exact) mass is 519 g/mol. The van der Waals surface area contributed by atoms with Crippen LogP contribution in [0.4, 0.5) is 17.1 Å². The van der Waals surface area contributed by atoms with E-state index in [1.54, 1.807) is 60.7 Å². The summed E-state index contributed by atoms with van der Waals surface area (Å²) >= 11 is 6.26. The lowest BCUT2D eigenvalue weighted by Crippen LogP contribution is -2.32. The van der Waals surface area contributed by atoms with Gasteiger partial charge in [0.25, 0.3) is 17.7 Å². The fourth-order valence-electron chi connectivity index (χ4n) is 3.75. The maximum absolute atomic E-state index is 13.1. The van der Waals surface area contributed by atoms with Gasteiger partial charge >= 0.3 is 0 Å². The second-order valence-corrected chi connectivity index (χ2v) is 9.04. The van der Waals surface area contributed by atoms with Crippen molar-refractivity contribution < 1.29 is 23.9 Å². The van der Waals surface area contributed by atoms with Gasteiger partial charge in [-0.15, -0.1) is 0 Å². The highest BCUT2D eigenvalue weighted by Gasteiger charge is 2.40. The third-order valence-electron chi connectivity index (χ3n) is 5.50. The number of ether oxygens (including phenoxy) is 2. The zero-order valence-electron chi connectivity index (χ0n) is 20.8. The number of nitrogens with zero attached hydrogens (tertiary/aromatic N) is 1. The molecule has 0 radical (unpaired) electrons. The zero-order valence-corrected chi connectivity index (χ0v) is 21.6. The second-order valence-electron chi connectivity index (χ2n) is 8.66. The van der Waals surface area contributed by atoms with Crippen LogP contribution in [0.1, 0.15) is 29.8 Å². The van der Waals surface area contributed by atoms with Crippen molar-refractivity contribution in [1.29, 1.82) is 0 Å². The van der Waals surface area contributed by atoms with E-state index in [4.69, 9.17) is 21.1 Å². The van der Waals surface area contributed by atoms with Crippen LogP contribution in [-0.2, 0) is 9.59 Å². The molecular weight excluding hydrogens is 494 g/mol. The summed E-state index contributed by atoms with van der Waals surface area (Å²) in [4.78, 5) is 39.6. The summed E-state index contributed by atoms with van der Waals surface area (Å²) in [6.07, 6.45) is 0.0595. The largest absolute Gasteiger partial charge is 0.495 e. The van der Waals surface area contributed by atoms with E-state index in [9.17, 15) is 14.4 Å². The Kier molecular flexibility index (Phi) is 7.50. The maximum Gasteiger partial charge on any atom is 0.283 e. The lowest BCUT2D eigenvalue weighted by Gasteiger charge is -2.18. The molecule has 3 aromatic carbocycles. The molecule has 0 aliphatic carbocycles. The van der Waals surface area contributed by atoms with E-state index in [1.165, 1.54) is 7.11 Å². The van der Waals surface area contributed by atoms with Gasteiger partial charge in [-0.2, -0.15) is 0 Å². The van der Waals surface area contributed by atoms with Gasteiger partial charge in [0.15, 0.2) is 0 Å². The minimum Gasteiger partial charge on any atom is -0.495 e. The van der Waals surface area contributed by atoms with Gasteiger partial charge in [-0.05, 0) is 87.0 Å². The molecule has 0 unspecified atom stereocenters. The van der Waals surface area contributed by atoms with E-state index in [1.807, 2.05) is 26.8 Å². The number of carbonyl (C=O) groups excluding carboxylic acids is 3. The van der Waals surface area contributed by atoms with Crippen molar-refractivity contribution >= 4 is 46.4 Å². The number of amides is 3. The molecule has 190 valence electrons. The summed E-state index contributed by atoms with van der Waals surface area (Å²) in [5, 5.41) is 5.50. The molecule has 0 bridgehead atoms. The van der Waals surface area contributed by atoms with Crippen molar-refractivity contribution in [2.24, 2.45) is 0 Å². The molecule has 0 aromatic heterocycles. The van der Waals surface area contributed by atoms with Gasteiger partial charge in [-0.1, -0.05) is 17.7 Å². The third kappa shape index (κ3) is 5.59. The topological polar surface area (TPSA) is 97.0 Å². The van der Waals surface area contributed by atoms with Crippen LogP contribution < -0.4 is 25.0 Å². The van der Waals surface area contributed by atoms with Crippen LogP contribution in [0.25, 0.3) is 0 Å². The summed E-state index contributed by atoms with van der Waals surface area (Å²) in [5.74, 6) is -0.470. The summed E-state index contributed by atoms with van der Waals surface area (Å²) in [6.45, 7) is 5.73. The highest BCUT2D eigenvalue weighted by molar-refractivity contribution is 6.53. The molecule has 4 rings (SSSR count). The van der Waals surface area contributed by atoms with Crippen molar-refractivity contribution in [2.75, 3.05) is 22.6 Å². The number of rotatable bonds is 8. The normalized spacial score (nSPS) is 13.3. The van der Waals surface area contributed by atoms with Crippen LogP contribution in [0.15, 0.2) is 77.5 Å². The first-order chi connectivity index (χ1) is 17.7. The van der Waals surface area contributed by atoms with E-state index in [0.717, 1.165) is 16.2 Å². The predicted molar refractivity (Wildman–Crippen MR) is 143 cm³/mol. The Morgan fingerprint density at radius 1 is 0.919 bits per heavy atom. The molecular formula is C28H26ClN3O5. The standard InChI is InChI=1S/C28H26ClN3O5/c1-16(2)37-21-12-10-20(11-13-21)31-26(33)18-6-8-19(9-7-18)30-25-24(29)27(34)32(28(25)35)22-15-17(3)5-14-23(22)36-4/h5-16,30H,1-4H3,(H,31,33). The fraction of sp³-hybridized carbons (Fsp3) is 0.179. The highest BCUT2D eigenvalue weighted by atomic mass is 35.5. The van der Waals surface area contributed by atoms with E-state index >= 15 is 0 Å². The van der Waals surface area contributed by atoms with Crippen LogP contribution in [0.5, 0.6) is 11.5 Å². The molecule has 0 saturated heterocycles. The van der Waals surface area contributed by atoms with Gasteiger partial charge in [0.05, 0.1) is 18.9 Å². The molecule has 1 aliphatic rings. The van der Waals surface area contributed by atoms with Gasteiger partial charge in [-0.3, -0.25) is 14.4 Å². The predicted octanol–water partition coefficient (Wildman–Crippen LogP) is 5.48. The second kappa shape index (κ2) is 10.8.